The van der Waals surface area contributed by atoms with Crippen LogP contribution >= 0.6 is 10.2 Å². The Morgan fingerprint density at radius 3 is 1.82 bits per heavy atom. The molecule has 22 heavy (non-hydrogen) atoms. The van der Waals surface area contributed by atoms with Crippen LogP contribution < -0.4 is 0 Å². The topological polar surface area (TPSA) is 20.2 Å². The van der Waals surface area contributed by atoms with Crippen LogP contribution in [0.2, 0.25) is 0 Å². The standard InChI is InChI=1S/C15H23F5OS/c1-4-11-15(6-3,14(21)5-2)12-7-9-13(10-8-12)22(16,17,18,19)20/h7-10,14,21H,4-6,11H2,1-3H3. The number of hydrogen-bond donors (Lipinski definition) is 1. The van der Waals surface area contributed by atoms with Crippen molar-refractivity contribution in [1.82, 2.24) is 0 Å². The minimum Gasteiger partial charge on any atom is -0.392 e. The summed E-state index contributed by atoms with van der Waals surface area (Å²) < 4.78 is 63.9. The predicted molar refractivity (Wildman–Crippen MR) is 81.0 cm³/mol. The fraction of sp³-hybridized carbons (Fsp3) is 0.600. The SMILES string of the molecule is CCCC(CC)(c1ccc(S(F)(F)(F)(F)F)cc1)C(O)CC. The zero-order chi connectivity index (χ0) is 17.3. The van der Waals surface area contributed by atoms with Crippen LogP contribution in [-0.4, -0.2) is 11.2 Å². The molecule has 0 amide bonds. The van der Waals surface area contributed by atoms with E-state index in [2.05, 4.69) is 0 Å². The van der Waals surface area contributed by atoms with Crippen molar-refractivity contribution in [3.63, 3.8) is 0 Å². The molecule has 0 aliphatic rings. The van der Waals surface area contributed by atoms with Crippen LogP contribution in [0.5, 0.6) is 0 Å². The number of hydrogen-bond acceptors (Lipinski definition) is 1. The Morgan fingerprint density at radius 1 is 1.00 bits per heavy atom. The summed E-state index contributed by atoms with van der Waals surface area (Å²) in [4.78, 5) is -1.89. The Balaban J connectivity index is 3.37. The lowest BCUT2D eigenvalue weighted by atomic mass is 9.69. The molecule has 0 radical (unpaired) electrons. The number of benzene rings is 1. The summed E-state index contributed by atoms with van der Waals surface area (Å²) in [6.45, 7) is 5.54. The van der Waals surface area contributed by atoms with Crippen molar-refractivity contribution < 1.29 is 24.5 Å². The molecule has 0 saturated carbocycles. The van der Waals surface area contributed by atoms with Gasteiger partial charge in [0.2, 0.25) is 0 Å². The highest BCUT2D eigenvalue weighted by Crippen LogP contribution is 3.02. The first kappa shape index (κ1) is 19.2. The Hall–Kier alpha value is -0.820. The van der Waals surface area contributed by atoms with Crippen molar-refractivity contribution in [3.8, 4) is 0 Å². The average molecular weight is 346 g/mol. The van der Waals surface area contributed by atoms with E-state index in [4.69, 9.17) is 0 Å². The number of halogens is 5. The van der Waals surface area contributed by atoms with Gasteiger partial charge >= 0.3 is 10.2 Å². The quantitative estimate of drug-likeness (QED) is 0.554. The maximum absolute atomic E-state index is 12.8. The van der Waals surface area contributed by atoms with Crippen molar-refractivity contribution >= 4 is 10.2 Å². The molecule has 0 bridgehead atoms. The second-order valence-electron chi connectivity index (χ2n) is 5.68. The van der Waals surface area contributed by atoms with Crippen molar-refractivity contribution in [2.75, 3.05) is 0 Å². The summed E-state index contributed by atoms with van der Waals surface area (Å²) in [5.74, 6) is 0. The van der Waals surface area contributed by atoms with Crippen LogP contribution in [0, 0.1) is 0 Å². The Kier molecular flexibility index (Phi) is 4.69. The Labute approximate surface area is 128 Å². The molecule has 7 heteroatoms. The van der Waals surface area contributed by atoms with Crippen molar-refractivity contribution in [2.24, 2.45) is 0 Å². The normalized spacial score (nSPS) is 19.9. The third kappa shape index (κ3) is 3.93. The molecule has 1 aromatic carbocycles. The molecule has 0 fully saturated rings. The molecule has 0 saturated heterocycles. The number of aliphatic hydroxyl groups is 1. The first-order chi connectivity index (χ1) is 9.80. The number of rotatable bonds is 7. The van der Waals surface area contributed by atoms with E-state index in [9.17, 15) is 24.5 Å². The highest BCUT2D eigenvalue weighted by molar-refractivity contribution is 8.45. The molecule has 1 rings (SSSR count). The van der Waals surface area contributed by atoms with Gasteiger partial charge in [0.15, 0.2) is 0 Å². The summed E-state index contributed by atoms with van der Waals surface area (Å²) >= 11 is 0. The molecule has 130 valence electrons. The summed E-state index contributed by atoms with van der Waals surface area (Å²) in [5, 5.41) is 10.3. The van der Waals surface area contributed by atoms with Gasteiger partial charge in [0.25, 0.3) is 0 Å². The fourth-order valence-corrected chi connectivity index (χ4v) is 3.65. The molecule has 1 nitrogen and oxygen atoms in total. The van der Waals surface area contributed by atoms with E-state index in [1.54, 1.807) is 6.92 Å². The van der Waals surface area contributed by atoms with Gasteiger partial charge in [0.1, 0.15) is 4.90 Å². The molecule has 0 aromatic heterocycles. The monoisotopic (exact) mass is 346 g/mol. The van der Waals surface area contributed by atoms with Crippen molar-refractivity contribution in [1.29, 1.82) is 0 Å². The third-order valence-corrected chi connectivity index (χ3v) is 5.39. The van der Waals surface area contributed by atoms with Crippen molar-refractivity contribution in [3.05, 3.63) is 29.8 Å². The van der Waals surface area contributed by atoms with Gasteiger partial charge in [0.05, 0.1) is 6.10 Å². The highest BCUT2D eigenvalue weighted by atomic mass is 32.5. The van der Waals surface area contributed by atoms with Gasteiger partial charge < -0.3 is 5.11 Å². The second-order valence-corrected chi connectivity index (χ2v) is 8.09. The summed E-state index contributed by atoms with van der Waals surface area (Å²) in [7, 11) is -9.65. The van der Waals surface area contributed by atoms with E-state index in [0.29, 0.717) is 37.0 Å². The van der Waals surface area contributed by atoms with Crippen LogP contribution in [-0.2, 0) is 5.41 Å². The maximum atomic E-state index is 12.8. The van der Waals surface area contributed by atoms with E-state index in [1.807, 2.05) is 13.8 Å². The molecular formula is C15H23F5OS. The van der Waals surface area contributed by atoms with E-state index in [-0.39, 0.29) is 0 Å². The molecule has 0 aliphatic heterocycles. The molecule has 0 spiro atoms. The van der Waals surface area contributed by atoms with Gasteiger partial charge in [-0.05, 0) is 37.0 Å². The van der Waals surface area contributed by atoms with Crippen LogP contribution in [0.15, 0.2) is 29.2 Å². The summed E-state index contributed by atoms with van der Waals surface area (Å²) in [5.41, 5.74) is -0.239. The van der Waals surface area contributed by atoms with Crippen LogP contribution in [0.25, 0.3) is 0 Å². The molecule has 0 aliphatic carbocycles. The van der Waals surface area contributed by atoms with E-state index < -0.39 is 26.6 Å². The smallest absolute Gasteiger partial charge is 0.310 e. The molecule has 2 atom stereocenters. The highest BCUT2D eigenvalue weighted by Gasteiger charge is 2.65. The second kappa shape index (κ2) is 5.37. The average Bonchev–Trinajstić information content (AvgIpc) is 2.42. The Bertz CT molecular complexity index is 511. The molecule has 1 aromatic rings. The minimum absolute atomic E-state index is 0.430. The van der Waals surface area contributed by atoms with Gasteiger partial charge in [-0.3, -0.25) is 0 Å². The van der Waals surface area contributed by atoms with Crippen molar-refractivity contribution in [2.45, 2.75) is 62.9 Å². The van der Waals surface area contributed by atoms with E-state index in [1.165, 1.54) is 0 Å². The van der Waals surface area contributed by atoms with Gasteiger partial charge in [-0.25, -0.2) is 0 Å². The summed E-state index contributed by atoms with van der Waals surface area (Å²) in [6, 6.07) is 3.01. The zero-order valence-corrected chi connectivity index (χ0v) is 13.8. The first-order valence-electron chi connectivity index (χ1n) is 7.33. The van der Waals surface area contributed by atoms with Gasteiger partial charge in [-0.15, -0.1) is 0 Å². The van der Waals surface area contributed by atoms with E-state index >= 15 is 0 Å². The lowest BCUT2D eigenvalue weighted by molar-refractivity contribution is 0.0662. The van der Waals surface area contributed by atoms with Crippen LogP contribution in [0.3, 0.4) is 0 Å². The minimum atomic E-state index is -9.65. The van der Waals surface area contributed by atoms with Gasteiger partial charge in [0, 0.05) is 5.41 Å². The first-order valence-corrected chi connectivity index (χ1v) is 9.28. The molecule has 0 heterocycles. The third-order valence-electron chi connectivity index (χ3n) is 4.23. The van der Waals surface area contributed by atoms with Gasteiger partial charge in [-0.1, -0.05) is 58.8 Å². The fourth-order valence-electron chi connectivity index (χ4n) is 3.00. The predicted octanol–water partition coefficient (Wildman–Crippen LogP) is 6.56. The van der Waals surface area contributed by atoms with E-state index in [0.717, 1.165) is 18.6 Å². The molecular weight excluding hydrogens is 323 g/mol. The lowest BCUT2D eigenvalue weighted by Crippen LogP contribution is -2.38. The summed E-state index contributed by atoms with van der Waals surface area (Å²) in [6.07, 6.45) is 1.54. The largest absolute Gasteiger partial charge is 0.392 e. The number of aliphatic hydroxyl groups excluding tert-OH is 1. The lowest BCUT2D eigenvalue weighted by Gasteiger charge is -2.41. The molecule has 2 unspecified atom stereocenters. The maximum Gasteiger partial charge on any atom is 0.310 e. The van der Waals surface area contributed by atoms with Crippen LogP contribution in [0.1, 0.15) is 52.0 Å². The Morgan fingerprint density at radius 2 is 1.50 bits per heavy atom. The molecule has 1 N–H and O–H groups in total. The van der Waals surface area contributed by atoms with Crippen LogP contribution in [0.4, 0.5) is 19.4 Å². The van der Waals surface area contributed by atoms with Gasteiger partial charge in [-0.2, -0.15) is 0 Å². The zero-order valence-electron chi connectivity index (χ0n) is 13.0.